The van der Waals surface area contributed by atoms with Gasteiger partial charge in [-0.2, -0.15) is 0 Å². The number of benzene rings is 2. The molecule has 0 unspecified atom stereocenters. The van der Waals surface area contributed by atoms with E-state index in [1.165, 1.54) is 11.1 Å². The summed E-state index contributed by atoms with van der Waals surface area (Å²) in [6, 6.07) is 13.8. The van der Waals surface area contributed by atoms with E-state index in [2.05, 4.69) is 46.4 Å². The second-order valence-corrected chi connectivity index (χ2v) is 6.40. The van der Waals surface area contributed by atoms with Gasteiger partial charge in [-0.1, -0.05) is 18.2 Å². The first-order chi connectivity index (χ1) is 9.61. The standard InChI is InChI=1S/C17H17BrFN/c1-11-2-7-17(16(18)8-11)20-15-9-13(10-15)12-3-5-14(19)6-4-12/h2-8,13,15,20H,9-10H2,1H3. The fourth-order valence-corrected chi connectivity index (χ4v) is 3.31. The molecule has 0 bridgehead atoms. The molecule has 2 aromatic rings. The smallest absolute Gasteiger partial charge is 0.123 e. The van der Waals surface area contributed by atoms with Gasteiger partial charge in [-0.3, -0.25) is 0 Å². The molecule has 20 heavy (non-hydrogen) atoms. The monoisotopic (exact) mass is 333 g/mol. The fourth-order valence-electron chi connectivity index (χ4n) is 2.70. The summed E-state index contributed by atoms with van der Waals surface area (Å²) in [6.45, 7) is 2.09. The van der Waals surface area contributed by atoms with Crippen LogP contribution in [0.1, 0.15) is 29.9 Å². The van der Waals surface area contributed by atoms with Crippen LogP contribution >= 0.6 is 15.9 Å². The molecular formula is C17H17BrFN. The van der Waals surface area contributed by atoms with Gasteiger partial charge >= 0.3 is 0 Å². The summed E-state index contributed by atoms with van der Waals surface area (Å²) in [4.78, 5) is 0. The van der Waals surface area contributed by atoms with E-state index in [1.807, 2.05) is 12.1 Å². The Morgan fingerprint density at radius 3 is 2.45 bits per heavy atom. The van der Waals surface area contributed by atoms with Crippen LogP contribution in [0.3, 0.4) is 0 Å². The second-order valence-electron chi connectivity index (χ2n) is 5.54. The first-order valence-corrected chi connectivity index (χ1v) is 7.69. The van der Waals surface area contributed by atoms with Gasteiger partial charge in [-0.25, -0.2) is 4.39 Å². The maximum atomic E-state index is 12.9. The van der Waals surface area contributed by atoms with Crippen molar-refractivity contribution < 1.29 is 4.39 Å². The molecule has 1 aliphatic rings. The van der Waals surface area contributed by atoms with Crippen LogP contribution in [0.5, 0.6) is 0 Å². The molecule has 104 valence electrons. The minimum Gasteiger partial charge on any atom is -0.381 e. The lowest BCUT2D eigenvalue weighted by Gasteiger charge is -2.37. The molecule has 3 rings (SSSR count). The summed E-state index contributed by atoms with van der Waals surface area (Å²) in [5, 5.41) is 3.56. The third-order valence-corrected chi connectivity index (χ3v) is 4.62. The lowest BCUT2D eigenvalue weighted by molar-refractivity contribution is 0.374. The molecule has 1 aliphatic carbocycles. The van der Waals surface area contributed by atoms with Crippen LogP contribution in [0.15, 0.2) is 46.9 Å². The van der Waals surface area contributed by atoms with Crippen molar-refractivity contribution in [2.45, 2.75) is 31.7 Å². The van der Waals surface area contributed by atoms with Crippen LogP contribution in [0, 0.1) is 12.7 Å². The van der Waals surface area contributed by atoms with E-state index in [0.717, 1.165) is 23.0 Å². The van der Waals surface area contributed by atoms with Gasteiger partial charge in [0.15, 0.2) is 0 Å². The number of anilines is 1. The van der Waals surface area contributed by atoms with Crippen molar-refractivity contribution in [3.05, 3.63) is 63.9 Å². The largest absolute Gasteiger partial charge is 0.381 e. The van der Waals surface area contributed by atoms with E-state index in [4.69, 9.17) is 0 Å². The van der Waals surface area contributed by atoms with Crippen molar-refractivity contribution in [3.63, 3.8) is 0 Å². The minimum atomic E-state index is -0.161. The van der Waals surface area contributed by atoms with E-state index in [-0.39, 0.29) is 5.82 Å². The zero-order valence-electron chi connectivity index (χ0n) is 11.4. The van der Waals surface area contributed by atoms with Crippen molar-refractivity contribution in [2.75, 3.05) is 5.32 Å². The predicted octanol–water partition coefficient (Wildman–Crippen LogP) is 5.25. The third kappa shape index (κ3) is 2.88. The molecule has 0 amide bonds. The molecule has 1 saturated carbocycles. The topological polar surface area (TPSA) is 12.0 Å². The predicted molar refractivity (Wildman–Crippen MR) is 84.7 cm³/mol. The SMILES string of the molecule is Cc1ccc(NC2CC(c3ccc(F)cc3)C2)c(Br)c1. The van der Waals surface area contributed by atoms with Gasteiger partial charge < -0.3 is 5.32 Å². The quantitative estimate of drug-likeness (QED) is 0.808. The molecule has 0 radical (unpaired) electrons. The van der Waals surface area contributed by atoms with Crippen molar-refractivity contribution in [2.24, 2.45) is 0 Å². The number of hydrogen-bond donors (Lipinski definition) is 1. The zero-order chi connectivity index (χ0) is 14.1. The molecule has 1 N–H and O–H groups in total. The van der Waals surface area contributed by atoms with E-state index in [1.54, 1.807) is 12.1 Å². The van der Waals surface area contributed by atoms with Crippen LogP contribution in [-0.4, -0.2) is 6.04 Å². The average Bonchev–Trinajstić information content (AvgIpc) is 2.37. The Kier molecular flexibility index (Phi) is 3.79. The Morgan fingerprint density at radius 2 is 1.80 bits per heavy atom. The molecule has 2 aromatic carbocycles. The third-order valence-electron chi connectivity index (χ3n) is 3.96. The van der Waals surface area contributed by atoms with Crippen LogP contribution < -0.4 is 5.32 Å². The Morgan fingerprint density at radius 1 is 1.10 bits per heavy atom. The molecule has 0 heterocycles. The van der Waals surface area contributed by atoms with E-state index in [0.29, 0.717) is 12.0 Å². The summed E-state index contributed by atoms with van der Waals surface area (Å²) < 4.78 is 14.0. The number of rotatable bonds is 3. The lowest BCUT2D eigenvalue weighted by atomic mass is 9.76. The molecule has 0 saturated heterocycles. The van der Waals surface area contributed by atoms with E-state index < -0.39 is 0 Å². The Labute approximate surface area is 127 Å². The Hall–Kier alpha value is -1.35. The molecule has 1 nitrogen and oxygen atoms in total. The molecule has 1 fully saturated rings. The van der Waals surface area contributed by atoms with Crippen LogP contribution in [0.25, 0.3) is 0 Å². The second kappa shape index (κ2) is 5.57. The number of nitrogens with one attached hydrogen (secondary N) is 1. The highest BCUT2D eigenvalue weighted by Crippen LogP contribution is 2.39. The summed E-state index contributed by atoms with van der Waals surface area (Å²) in [6.07, 6.45) is 2.21. The van der Waals surface area contributed by atoms with Gasteiger partial charge in [0.25, 0.3) is 0 Å². The van der Waals surface area contributed by atoms with Crippen LogP contribution in [0.4, 0.5) is 10.1 Å². The van der Waals surface area contributed by atoms with Crippen LogP contribution in [0.2, 0.25) is 0 Å². The molecular weight excluding hydrogens is 317 g/mol. The molecule has 3 heteroatoms. The lowest BCUT2D eigenvalue weighted by Crippen LogP contribution is -2.34. The number of aryl methyl sites for hydroxylation is 1. The van der Waals surface area contributed by atoms with Gasteiger partial charge in [0.05, 0.1) is 0 Å². The molecule has 0 aliphatic heterocycles. The Bertz CT molecular complexity index is 603. The maximum Gasteiger partial charge on any atom is 0.123 e. The van der Waals surface area contributed by atoms with Crippen molar-refractivity contribution >= 4 is 21.6 Å². The molecule has 0 spiro atoms. The fraction of sp³-hybridized carbons (Fsp3) is 0.294. The molecule has 0 atom stereocenters. The first-order valence-electron chi connectivity index (χ1n) is 6.90. The highest BCUT2D eigenvalue weighted by Gasteiger charge is 2.30. The van der Waals surface area contributed by atoms with Gasteiger partial charge in [0.1, 0.15) is 5.82 Å². The Balaban J connectivity index is 1.59. The van der Waals surface area contributed by atoms with Crippen LogP contribution in [-0.2, 0) is 0 Å². The summed E-state index contributed by atoms with van der Waals surface area (Å²) >= 11 is 3.59. The van der Waals surface area contributed by atoms with Gasteiger partial charge in [-0.05, 0) is 77.0 Å². The van der Waals surface area contributed by atoms with Crippen molar-refractivity contribution in [1.29, 1.82) is 0 Å². The normalized spacial score (nSPS) is 21.4. The highest BCUT2D eigenvalue weighted by atomic mass is 79.9. The van der Waals surface area contributed by atoms with E-state index >= 15 is 0 Å². The summed E-state index contributed by atoms with van der Waals surface area (Å²) in [7, 11) is 0. The van der Waals surface area contributed by atoms with Crippen molar-refractivity contribution in [1.82, 2.24) is 0 Å². The number of halogens is 2. The maximum absolute atomic E-state index is 12.9. The summed E-state index contributed by atoms with van der Waals surface area (Å²) in [5.41, 5.74) is 3.64. The molecule has 0 aromatic heterocycles. The average molecular weight is 334 g/mol. The van der Waals surface area contributed by atoms with Gasteiger partial charge in [0, 0.05) is 16.2 Å². The highest BCUT2D eigenvalue weighted by molar-refractivity contribution is 9.10. The minimum absolute atomic E-state index is 0.161. The number of hydrogen-bond acceptors (Lipinski definition) is 1. The van der Waals surface area contributed by atoms with Crippen molar-refractivity contribution in [3.8, 4) is 0 Å². The first kappa shape index (κ1) is 13.6. The zero-order valence-corrected chi connectivity index (χ0v) is 13.0. The van der Waals surface area contributed by atoms with Gasteiger partial charge in [0.2, 0.25) is 0 Å². The summed E-state index contributed by atoms with van der Waals surface area (Å²) in [5.74, 6) is 0.392. The van der Waals surface area contributed by atoms with E-state index in [9.17, 15) is 4.39 Å². The van der Waals surface area contributed by atoms with Gasteiger partial charge in [-0.15, -0.1) is 0 Å².